The summed E-state index contributed by atoms with van der Waals surface area (Å²) in [6, 6.07) is 35.1. The number of rotatable bonds is 4. The Hall–Kier alpha value is -4.11. The van der Waals surface area contributed by atoms with E-state index in [1.807, 2.05) is 36.4 Å². The number of nitrogens with zero attached hydrogens (tertiary/aromatic N) is 1. The highest BCUT2D eigenvalue weighted by molar-refractivity contribution is 6.02. The number of nitrogens with one attached hydrogen (secondary N) is 1. The fourth-order valence-corrected chi connectivity index (χ4v) is 5.32. The topological polar surface area (TPSA) is 36.1 Å². The number of aromatic amines is 1. The molecule has 0 spiro atoms. The molecule has 6 rings (SSSR count). The van der Waals surface area contributed by atoms with Gasteiger partial charge in [-0.3, -0.25) is 4.79 Å². The fraction of sp³-hybridized carbons (Fsp3) is 0.129. The van der Waals surface area contributed by atoms with E-state index in [4.69, 9.17) is 0 Å². The summed E-state index contributed by atoms with van der Waals surface area (Å²) in [6.07, 6.45) is 0. The Labute approximate surface area is 199 Å². The van der Waals surface area contributed by atoms with Crippen LogP contribution in [0.4, 0.5) is 0 Å². The number of amides is 1. The van der Waals surface area contributed by atoms with Crippen molar-refractivity contribution < 1.29 is 4.79 Å². The monoisotopic (exact) mass is 442 g/mol. The van der Waals surface area contributed by atoms with Gasteiger partial charge >= 0.3 is 0 Å². The Morgan fingerprint density at radius 1 is 0.794 bits per heavy atom. The van der Waals surface area contributed by atoms with Crippen LogP contribution in [0.1, 0.15) is 51.6 Å². The standard InChI is InChI=1S/C31H26N2O/c1-20-16-18-23(19-17-20)29-28(26-14-8-9-15-27(26)32-29)30-24-12-6-7-13-25(24)31(34)33(30)21(2)22-10-4-3-5-11-22/h3-19,21,30,32H,1-2H3/t21-,30-/m0/s1. The predicted octanol–water partition coefficient (Wildman–Crippen LogP) is 7.45. The Balaban J connectivity index is 1.62. The molecule has 34 heavy (non-hydrogen) atoms. The quantitative estimate of drug-likeness (QED) is 0.308. The molecular formula is C31H26N2O. The third kappa shape index (κ3) is 3.16. The SMILES string of the molecule is Cc1ccc(-c2[nH]c3ccccc3c2[C@@H]2c3ccccc3C(=O)N2[C@@H](C)c2ccccc2)cc1. The highest BCUT2D eigenvalue weighted by atomic mass is 16.2. The Morgan fingerprint density at radius 2 is 1.47 bits per heavy atom. The summed E-state index contributed by atoms with van der Waals surface area (Å²) in [6.45, 7) is 4.23. The zero-order valence-corrected chi connectivity index (χ0v) is 19.3. The van der Waals surface area contributed by atoms with Crippen LogP contribution in [-0.4, -0.2) is 15.8 Å². The number of benzene rings is 4. The highest BCUT2D eigenvalue weighted by Crippen LogP contribution is 2.48. The summed E-state index contributed by atoms with van der Waals surface area (Å²) in [7, 11) is 0. The molecule has 5 aromatic rings. The van der Waals surface area contributed by atoms with E-state index >= 15 is 0 Å². The molecule has 1 aliphatic rings. The van der Waals surface area contributed by atoms with Crippen molar-refractivity contribution in [3.63, 3.8) is 0 Å². The van der Waals surface area contributed by atoms with Gasteiger partial charge in [-0.25, -0.2) is 0 Å². The van der Waals surface area contributed by atoms with Crippen molar-refractivity contribution in [3.05, 3.63) is 131 Å². The smallest absolute Gasteiger partial charge is 0.255 e. The minimum atomic E-state index is -0.189. The van der Waals surface area contributed by atoms with Crippen LogP contribution in [0.25, 0.3) is 22.2 Å². The molecular weight excluding hydrogens is 416 g/mol. The molecule has 1 amide bonds. The van der Waals surface area contributed by atoms with Crippen molar-refractivity contribution in [1.29, 1.82) is 0 Å². The van der Waals surface area contributed by atoms with Gasteiger partial charge in [0.1, 0.15) is 0 Å². The number of aromatic nitrogens is 1. The number of hydrogen-bond donors (Lipinski definition) is 1. The van der Waals surface area contributed by atoms with E-state index in [1.165, 1.54) is 5.56 Å². The van der Waals surface area contributed by atoms with Gasteiger partial charge in [0, 0.05) is 22.0 Å². The van der Waals surface area contributed by atoms with Gasteiger partial charge in [0.2, 0.25) is 0 Å². The normalized spacial score (nSPS) is 16.1. The van der Waals surface area contributed by atoms with Gasteiger partial charge in [0.05, 0.1) is 17.8 Å². The summed E-state index contributed by atoms with van der Waals surface area (Å²) < 4.78 is 0. The van der Waals surface area contributed by atoms with Gasteiger partial charge in [0.15, 0.2) is 0 Å². The lowest BCUT2D eigenvalue weighted by Crippen LogP contribution is -2.31. The lowest BCUT2D eigenvalue weighted by atomic mass is 9.92. The number of hydrogen-bond acceptors (Lipinski definition) is 1. The summed E-state index contributed by atoms with van der Waals surface area (Å²) in [5.74, 6) is 0.0806. The first-order valence-corrected chi connectivity index (χ1v) is 11.8. The van der Waals surface area contributed by atoms with Crippen LogP contribution in [0.15, 0.2) is 103 Å². The number of fused-ring (bicyclic) bond motifs is 2. The molecule has 1 N–H and O–H groups in total. The Kier molecular flexibility index (Phi) is 4.84. The number of carbonyl (C=O) groups excluding carboxylic acids is 1. The predicted molar refractivity (Wildman–Crippen MR) is 138 cm³/mol. The van der Waals surface area contributed by atoms with Gasteiger partial charge in [-0.2, -0.15) is 0 Å². The maximum atomic E-state index is 13.9. The van der Waals surface area contributed by atoms with E-state index in [0.29, 0.717) is 0 Å². The minimum Gasteiger partial charge on any atom is -0.354 e. The molecule has 166 valence electrons. The third-order valence-electron chi connectivity index (χ3n) is 7.06. The number of para-hydroxylation sites is 1. The molecule has 0 saturated heterocycles. The van der Waals surface area contributed by atoms with Crippen LogP contribution in [0.2, 0.25) is 0 Å². The zero-order valence-electron chi connectivity index (χ0n) is 19.3. The minimum absolute atomic E-state index is 0.0781. The molecule has 0 unspecified atom stereocenters. The molecule has 0 bridgehead atoms. The second kappa shape index (κ2) is 8.03. The molecule has 0 aliphatic carbocycles. The van der Waals surface area contributed by atoms with Gasteiger partial charge in [-0.1, -0.05) is 96.6 Å². The maximum Gasteiger partial charge on any atom is 0.255 e. The van der Waals surface area contributed by atoms with Crippen LogP contribution >= 0.6 is 0 Å². The molecule has 0 radical (unpaired) electrons. The van der Waals surface area contributed by atoms with Gasteiger partial charge in [-0.15, -0.1) is 0 Å². The average molecular weight is 443 g/mol. The average Bonchev–Trinajstić information content (AvgIpc) is 3.40. The number of carbonyl (C=O) groups is 1. The first-order valence-electron chi connectivity index (χ1n) is 11.8. The molecule has 3 nitrogen and oxygen atoms in total. The highest BCUT2D eigenvalue weighted by Gasteiger charge is 2.42. The number of aryl methyl sites for hydroxylation is 1. The van der Waals surface area contributed by atoms with Crippen molar-refractivity contribution in [2.45, 2.75) is 25.9 Å². The van der Waals surface area contributed by atoms with E-state index < -0.39 is 0 Å². The Bertz CT molecular complexity index is 1500. The molecule has 0 fully saturated rings. The van der Waals surface area contributed by atoms with Crippen molar-refractivity contribution in [1.82, 2.24) is 9.88 Å². The van der Waals surface area contributed by atoms with Crippen LogP contribution in [0.5, 0.6) is 0 Å². The lowest BCUT2D eigenvalue weighted by Gasteiger charge is -2.32. The molecule has 3 heteroatoms. The largest absolute Gasteiger partial charge is 0.354 e. The van der Waals surface area contributed by atoms with E-state index in [-0.39, 0.29) is 18.0 Å². The van der Waals surface area contributed by atoms with E-state index in [0.717, 1.165) is 44.4 Å². The molecule has 1 aliphatic heterocycles. The summed E-state index contributed by atoms with van der Waals surface area (Å²) in [4.78, 5) is 19.6. The van der Waals surface area contributed by atoms with Crippen molar-refractivity contribution in [2.75, 3.05) is 0 Å². The van der Waals surface area contributed by atoms with Crippen LogP contribution < -0.4 is 0 Å². The lowest BCUT2D eigenvalue weighted by molar-refractivity contribution is 0.0678. The first-order chi connectivity index (χ1) is 16.6. The molecule has 0 saturated carbocycles. The Morgan fingerprint density at radius 3 is 2.26 bits per heavy atom. The number of H-pyrrole nitrogens is 1. The van der Waals surface area contributed by atoms with Crippen LogP contribution in [0.3, 0.4) is 0 Å². The molecule has 4 aromatic carbocycles. The van der Waals surface area contributed by atoms with E-state index in [1.54, 1.807) is 0 Å². The van der Waals surface area contributed by atoms with Crippen molar-refractivity contribution in [2.24, 2.45) is 0 Å². The van der Waals surface area contributed by atoms with Crippen LogP contribution in [-0.2, 0) is 0 Å². The summed E-state index contributed by atoms with van der Waals surface area (Å²) >= 11 is 0. The van der Waals surface area contributed by atoms with Gasteiger partial charge in [-0.05, 0) is 42.7 Å². The fourth-order valence-electron chi connectivity index (χ4n) is 5.32. The molecule has 2 heterocycles. The van der Waals surface area contributed by atoms with Crippen molar-refractivity contribution in [3.8, 4) is 11.3 Å². The van der Waals surface area contributed by atoms with E-state index in [9.17, 15) is 4.79 Å². The summed E-state index contributed by atoms with van der Waals surface area (Å²) in [5.41, 5.74) is 8.64. The summed E-state index contributed by atoms with van der Waals surface area (Å²) in [5, 5.41) is 1.15. The second-order valence-electron chi connectivity index (χ2n) is 9.11. The molecule has 2 atom stereocenters. The van der Waals surface area contributed by atoms with Gasteiger partial charge < -0.3 is 9.88 Å². The van der Waals surface area contributed by atoms with E-state index in [2.05, 4.69) is 90.5 Å². The third-order valence-corrected chi connectivity index (χ3v) is 7.06. The first kappa shape index (κ1) is 20.5. The second-order valence-corrected chi connectivity index (χ2v) is 9.11. The van der Waals surface area contributed by atoms with Crippen molar-refractivity contribution >= 4 is 16.8 Å². The zero-order chi connectivity index (χ0) is 23.2. The van der Waals surface area contributed by atoms with Gasteiger partial charge in [0.25, 0.3) is 5.91 Å². The van der Waals surface area contributed by atoms with Crippen LogP contribution in [0, 0.1) is 6.92 Å². The maximum absolute atomic E-state index is 13.9. The molecule has 1 aromatic heterocycles.